The first-order valence-electron chi connectivity index (χ1n) is 10.8. The average Bonchev–Trinajstić information content (AvgIpc) is 3.12. The summed E-state index contributed by atoms with van der Waals surface area (Å²) in [5.41, 5.74) is 1.10. The minimum absolute atomic E-state index is 0.143. The van der Waals surface area contributed by atoms with Gasteiger partial charge in [-0.2, -0.15) is 11.8 Å². The van der Waals surface area contributed by atoms with Gasteiger partial charge in [0.25, 0.3) is 0 Å². The normalized spacial score (nSPS) is 25.3. The summed E-state index contributed by atoms with van der Waals surface area (Å²) in [5.74, 6) is -0.290. The van der Waals surface area contributed by atoms with Crippen LogP contribution in [0.25, 0.3) is 0 Å². The minimum Gasteiger partial charge on any atom is -0.300 e. The molecule has 0 spiro atoms. The molecule has 2 aliphatic carbocycles. The molecule has 1 aromatic rings. The fraction of sp³-hybridized carbons (Fsp3) is 0.714. The van der Waals surface area contributed by atoms with E-state index in [4.69, 9.17) is 0 Å². The molecule has 1 aliphatic heterocycles. The molecule has 0 aromatic carbocycles. The second-order valence-corrected chi connectivity index (χ2v) is 10.3. The summed E-state index contributed by atoms with van der Waals surface area (Å²) < 4.78 is 0. The highest BCUT2D eigenvalue weighted by molar-refractivity contribution is 7.98. The zero-order valence-electron chi connectivity index (χ0n) is 16.9. The van der Waals surface area contributed by atoms with Crippen molar-refractivity contribution >= 4 is 46.0 Å². The number of imide groups is 1. The number of anilines is 1. The van der Waals surface area contributed by atoms with Gasteiger partial charge in [0.05, 0.1) is 17.5 Å². The van der Waals surface area contributed by atoms with Gasteiger partial charge in [-0.3, -0.25) is 19.3 Å². The lowest BCUT2D eigenvalue weighted by molar-refractivity contribution is -0.146. The fourth-order valence-electron chi connectivity index (χ4n) is 4.87. The van der Waals surface area contributed by atoms with E-state index in [1.54, 1.807) is 23.1 Å². The molecule has 2 heterocycles. The Morgan fingerprint density at radius 3 is 2.52 bits per heavy atom. The molecule has 0 radical (unpaired) electrons. The molecular formula is C21H29N3O3S2. The van der Waals surface area contributed by atoms with E-state index in [-0.39, 0.29) is 29.6 Å². The van der Waals surface area contributed by atoms with E-state index in [0.29, 0.717) is 11.6 Å². The molecule has 1 N–H and O–H groups in total. The van der Waals surface area contributed by atoms with Crippen molar-refractivity contribution in [2.75, 3.05) is 17.3 Å². The molecule has 29 heavy (non-hydrogen) atoms. The van der Waals surface area contributed by atoms with Gasteiger partial charge in [-0.1, -0.05) is 19.3 Å². The Balaban J connectivity index is 1.52. The number of aromatic nitrogens is 1. The monoisotopic (exact) mass is 435 g/mol. The summed E-state index contributed by atoms with van der Waals surface area (Å²) in [6.45, 7) is 0. The molecule has 158 valence electrons. The molecule has 1 aromatic heterocycles. The van der Waals surface area contributed by atoms with E-state index in [0.717, 1.165) is 56.4 Å². The fourth-order valence-corrected chi connectivity index (χ4v) is 6.38. The van der Waals surface area contributed by atoms with Crippen molar-refractivity contribution in [3.63, 3.8) is 0 Å². The molecule has 6 nitrogen and oxygen atoms in total. The first-order valence-corrected chi connectivity index (χ1v) is 13.0. The minimum atomic E-state index is -0.739. The van der Waals surface area contributed by atoms with Crippen LogP contribution in [0.15, 0.2) is 0 Å². The number of aryl methyl sites for hydroxylation is 2. The highest BCUT2D eigenvalue weighted by Crippen LogP contribution is 2.39. The van der Waals surface area contributed by atoms with Crippen molar-refractivity contribution in [2.24, 2.45) is 11.8 Å². The second kappa shape index (κ2) is 9.16. The van der Waals surface area contributed by atoms with Crippen molar-refractivity contribution in [3.05, 3.63) is 10.6 Å². The smallest absolute Gasteiger partial charge is 0.249 e. The van der Waals surface area contributed by atoms with Crippen molar-refractivity contribution < 1.29 is 14.4 Å². The van der Waals surface area contributed by atoms with Gasteiger partial charge in [0.15, 0.2) is 5.13 Å². The predicted molar refractivity (Wildman–Crippen MR) is 116 cm³/mol. The second-order valence-electron chi connectivity index (χ2n) is 8.28. The number of hydrogen-bond donors (Lipinski definition) is 1. The third kappa shape index (κ3) is 4.24. The summed E-state index contributed by atoms with van der Waals surface area (Å²) >= 11 is 3.17. The van der Waals surface area contributed by atoms with Crippen LogP contribution in [0.1, 0.15) is 61.9 Å². The van der Waals surface area contributed by atoms with E-state index in [2.05, 4.69) is 10.3 Å². The largest absolute Gasteiger partial charge is 0.300 e. The first-order chi connectivity index (χ1) is 14.1. The van der Waals surface area contributed by atoms with E-state index in [9.17, 15) is 14.4 Å². The third-order valence-electron chi connectivity index (χ3n) is 6.41. The van der Waals surface area contributed by atoms with Crippen LogP contribution in [-0.4, -0.2) is 45.7 Å². The van der Waals surface area contributed by atoms with Crippen LogP contribution >= 0.6 is 23.1 Å². The predicted octanol–water partition coefficient (Wildman–Crippen LogP) is 3.65. The Kier molecular flexibility index (Phi) is 6.59. The number of fused-ring (bicyclic) bond motifs is 2. The van der Waals surface area contributed by atoms with E-state index < -0.39 is 6.04 Å². The number of nitrogens with zero attached hydrogens (tertiary/aromatic N) is 2. The maximum atomic E-state index is 13.2. The van der Waals surface area contributed by atoms with Crippen LogP contribution < -0.4 is 5.32 Å². The lowest BCUT2D eigenvalue weighted by Gasteiger charge is -2.25. The quantitative estimate of drug-likeness (QED) is 0.545. The number of carbonyl (C=O) groups excluding carboxylic acids is 3. The zero-order chi connectivity index (χ0) is 20.4. The molecule has 0 bridgehead atoms. The number of thiazole rings is 1. The van der Waals surface area contributed by atoms with Crippen LogP contribution in [0.3, 0.4) is 0 Å². The number of rotatable bonds is 6. The molecule has 2 fully saturated rings. The number of nitrogens with one attached hydrogen (secondary N) is 1. The van der Waals surface area contributed by atoms with Crippen molar-refractivity contribution in [1.82, 2.24) is 9.88 Å². The Labute approximate surface area is 180 Å². The Hall–Kier alpha value is -1.41. The van der Waals surface area contributed by atoms with Gasteiger partial charge < -0.3 is 5.32 Å². The Morgan fingerprint density at radius 1 is 1.14 bits per heavy atom. The van der Waals surface area contributed by atoms with Gasteiger partial charge in [0.2, 0.25) is 17.7 Å². The summed E-state index contributed by atoms with van der Waals surface area (Å²) in [5, 5.41) is 3.55. The van der Waals surface area contributed by atoms with Crippen LogP contribution in [-0.2, 0) is 27.2 Å². The third-order valence-corrected chi connectivity index (χ3v) is 8.13. The van der Waals surface area contributed by atoms with Crippen molar-refractivity contribution in [1.29, 1.82) is 0 Å². The summed E-state index contributed by atoms with van der Waals surface area (Å²) in [6.07, 6.45) is 11.5. The molecule has 4 rings (SSSR count). The van der Waals surface area contributed by atoms with Crippen LogP contribution in [0, 0.1) is 11.8 Å². The van der Waals surface area contributed by atoms with Gasteiger partial charge >= 0.3 is 0 Å². The van der Waals surface area contributed by atoms with Gasteiger partial charge in [-0.25, -0.2) is 4.98 Å². The number of thioether (sulfide) groups is 1. The van der Waals surface area contributed by atoms with Gasteiger partial charge in [-0.05, 0) is 57.0 Å². The SMILES string of the molecule is CSCCC(C(=O)Nc1nc2c(s1)CCCCC2)N1C(=O)C2CCCCC2C1=O. The summed E-state index contributed by atoms with van der Waals surface area (Å²) in [6, 6.07) is -0.739. The number of likely N-dealkylation sites (tertiary alicyclic amines) is 1. The molecular weight excluding hydrogens is 406 g/mol. The lowest BCUT2D eigenvalue weighted by atomic mass is 9.81. The topological polar surface area (TPSA) is 79.4 Å². The van der Waals surface area contributed by atoms with Gasteiger partial charge in [0, 0.05) is 4.88 Å². The summed E-state index contributed by atoms with van der Waals surface area (Å²) in [4.78, 5) is 46.4. The standard InChI is InChI=1S/C21H29N3O3S2/c1-28-12-11-16(24-19(26)13-7-5-6-8-14(13)20(24)27)18(25)23-21-22-15-9-3-2-4-10-17(15)29-21/h13-14,16H,2-12H2,1H3,(H,22,23,25). The van der Waals surface area contributed by atoms with Crippen LogP contribution in [0.2, 0.25) is 0 Å². The van der Waals surface area contributed by atoms with E-state index >= 15 is 0 Å². The zero-order valence-corrected chi connectivity index (χ0v) is 18.6. The molecule has 1 saturated heterocycles. The Morgan fingerprint density at radius 2 is 1.83 bits per heavy atom. The Bertz CT molecular complexity index is 747. The number of amides is 3. The van der Waals surface area contributed by atoms with E-state index in [1.165, 1.54) is 22.6 Å². The highest BCUT2D eigenvalue weighted by Gasteiger charge is 2.51. The van der Waals surface area contributed by atoms with Crippen molar-refractivity contribution in [3.8, 4) is 0 Å². The van der Waals surface area contributed by atoms with Crippen LogP contribution in [0.5, 0.6) is 0 Å². The van der Waals surface area contributed by atoms with Gasteiger partial charge in [-0.15, -0.1) is 11.3 Å². The molecule has 3 amide bonds. The number of carbonyl (C=O) groups is 3. The van der Waals surface area contributed by atoms with E-state index in [1.807, 2.05) is 6.26 Å². The first kappa shape index (κ1) is 20.8. The highest BCUT2D eigenvalue weighted by atomic mass is 32.2. The molecule has 3 atom stereocenters. The molecule has 8 heteroatoms. The lowest BCUT2D eigenvalue weighted by Crippen LogP contribution is -2.48. The van der Waals surface area contributed by atoms with Crippen LogP contribution in [0.4, 0.5) is 5.13 Å². The van der Waals surface area contributed by atoms with Crippen molar-refractivity contribution in [2.45, 2.75) is 70.3 Å². The average molecular weight is 436 g/mol. The van der Waals surface area contributed by atoms with Gasteiger partial charge in [0.1, 0.15) is 6.04 Å². The maximum absolute atomic E-state index is 13.2. The maximum Gasteiger partial charge on any atom is 0.249 e. The molecule has 1 saturated carbocycles. The summed E-state index contributed by atoms with van der Waals surface area (Å²) in [7, 11) is 0. The molecule has 3 aliphatic rings. The molecule has 3 unspecified atom stereocenters. The number of hydrogen-bond acceptors (Lipinski definition) is 6.